The third kappa shape index (κ3) is 2.96. The van der Waals surface area contributed by atoms with E-state index in [2.05, 4.69) is 41.7 Å². The summed E-state index contributed by atoms with van der Waals surface area (Å²) in [5, 5.41) is 7.86. The zero-order valence-corrected chi connectivity index (χ0v) is 13.2. The maximum atomic E-state index is 4.81. The summed E-state index contributed by atoms with van der Waals surface area (Å²) in [6.07, 6.45) is 2.99. The molecule has 0 radical (unpaired) electrons. The fourth-order valence-corrected chi connectivity index (χ4v) is 3.31. The summed E-state index contributed by atoms with van der Waals surface area (Å²) in [6.45, 7) is 5.36. The van der Waals surface area contributed by atoms with Crippen LogP contribution in [0.2, 0.25) is 0 Å². The minimum atomic E-state index is 0.294. The number of hydrogen-bond acceptors (Lipinski definition) is 4. The van der Waals surface area contributed by atoms with Gasteiger partial charge in [-0.15, -0.1) is 11.3 Å². The van der Waals surface area contributed by atoms with Crippen LogP contribution in [0.3, 0.4) is 0 Å². The average Bonchev–Trinajstić information content (AvgIpc) is 3.02. The molecular formula is C17H19N3S. The van der Waals surface area contributed by atoms with Crippen molar-refractivity contribution in [2.24, 2.45) is 0 Å². The first kappa shape index (κ1) is 14.2. The van der Waals surface area contributed by atoms with E-state index in [9.17, 15) is 0 Å². The molecule has 0 aliphatic rings. The molecule has 0 bridgehead atoms. The molecule has 21 heavy (non-hydrogen) atoms. The quantitative estimate of drug-likeness (QED) is 0.757. The molecule has 0 saturated carbocycles. The molecule has 4 heteroatoms. The lowest BCUT2D eigenvalue weighted by atomic mass is 10.1. The van der Waals surface area contributed by atoms with Crippen LogP contribution in [-0.2, 0) is 0 Å². The van der Waals surface area contributed by atoms with E-state index in [1.807, 2.05) is 24.4 Å². The second kappa shape index (κ2) is 6.33. The fourth-order valence-electron chi connectivity index (χ4n) is 2.36. The Labute approximate surface area is 129 Å². The fraction of sp³-hybridized carbons (Fsp3) is 0.294. The van der Waals surface area contributed by atoms with Crippen LogP contribution in [-0.4, -0.2) is 16.5 Å². The van der Waals surface area contributed by atoms with Crippen molar-refractivity contribution in [3.05, 3.63) is 47.6 Å². The molecule has 0 aliphatic heterocycles. The Balaban J connectivity index is 1.95. The highest BCUT2D eigenvalue weighted by atomic mass is 32.1. The molecule has 3 nitrogen and oxygen atoms in total. The van der Waals surface area contributed by atoms with Crippen LogP contribution in [0.4, 0.5) is 0 Å². The van der Waals surface area contributed by atoms with Crippen molar-refractivity contribution in [2.75, 3.05) is 6.54 Å². The Morgan fingerprint density at radius 3 is 2.95 bits per heavy atom. The molecular weight excluding hydrogens is 278 g/mol. The van der Waals surface area contributed by atoms with Gasteiger partial charge < -0.3 is 5.32 Å². The van der Waals surface area contributed by atoms with Gasteiger partial charge in [-0.05, 0) is 32.0 Å². The molecule has 0 spiro atoms. The van der Waals surface area contributed by atoms with Gasteiger partial charge in [0, 0.05) is 28.6 Å². The van der Waals surface area contributed by atoms with E-state index in [-0.39, 0.29) is 0 Å². The van der Waals surface area contributed by atoms with Gasteiger partial charge in [-0.2, -0.15) is 0 Å². The van der Waals surface area contributed by atoms with Gasteiger partial charge in [-0.3, -0.25) is 4.98 Å². The zero-order chi connectivity index (χ0) is 14.7. The van der Waals surface area contributed by atoms with Gasteiger partial charge in [-0.1, -0.05) is 25.1 Å². The standard InChI is InChI=1S/C17H19N3S/c1-3-9-18-12(2)16-11-21-17(20-16)14-8-10-19-15-7-5-4-6-13(14)15/h4-8,10-12,18H,3,9H2,1-2H3. The smallest absolute Gasteiger partial charge is 0.124 e. The first-order valence-electron chi connectivity index (χ1n) is 7.32. The summed E-state index contributed by atoms with van der Waals surface area (Å²) in [4.78, 5) is 9.23. The summed E-state index contributed by atoms with van der Waals surface area (Å²) in [5.74, 6) is 0. The van der Waals surface area contributed by atoms with Crippen molar-refractivity contribution in [1.29, 1.82) is 0 Å². The highest BCUT2D eigenvalue weighted by Gasteiger charge is 2.12. The number of pyridine rings is 1. The van der Waals surface area contributed by atoms with Crippen LogP contribution in [0.5, 0.6) is 0 Å². The predicted octanol–water partition coefficient (Wildman–Crippen LogP) is 4.42. The lowest BCUT2D eigenvalue weighted by Crippen LogP contribution is -2.19. The number of nitrogens with one attached hydrogen (secondary N) is 1. The van der Waals surface area contributed by atoms with Crippen molar-refractivity contribution >= 4 is 22.2 Å². The van der Waals surface area contributed by atoms with E-state index < -0.39 is 0 Å². The van der Waals surface area contributed by atoms with Crippen molar-refractivity contribution in [3.63, 3.8) is 0 Å². The molecule has 0 amide bonds. The van der Waals surface area contributed by atoms with E-state index in [1.165, 1.54) is 5.56 Å². The minimum Gasteiger partial charge on any atom is -0.309 e. The molecule has 1 unspecified atom stereocenters. The molecule has 1 aromatic carbocycles. The maximum Gasteiger partial charge on any atom is 0.124 e. The van der Waals surface area contributed by atoms with Crippen LogP contribution < -0.4 is 5.32 Å². The molecule has 0 saturated heterocycles. The third-order valence-electron chi connectivity index (χ3n) is 3.55. The second-order valence-electron chi connectivity index (χ2n) is 5.13. The Morgan fingerprint density at radius 1 is 1.24 bits per heavy atom. The van der Waals surface area contributed by atoms with Crippen LogP contribution >= 0.6 is 11.3 Å². The van der Waals surface area contributed by atoms with Crippen LogP contribution in [0.25, 0.3) is 21.5 Å². The van der Waals surface area contributed by atoms with E-state index in [4.69, 9.17) is 4.98 Å². The van der Waals surface area contributed by atoms with Crippen molar-refractivity contribution in [3.8, 4) is 10.6 Å². The molecule has 3 aromatic rings. The first-order chi connectivity index (χ1) is 10.3. The lowest BCUT2D eigenvalue weighted by molar-refractivity contribution is 0.561. The van der Waals surface area contributed by atoms with E-state index >= 15 is 0 Å². The molecule has 1 N–H and O–H groups in total. The van der Waals surface area contributed by atoms with Gasteiger partial charge in [0.05, 0.1) is 11.2 Å². The average molecular weight is 297 g/mol. The monoisotopic (exact) mass is 297 g/mol. The number of rotatable bonds is 5. The molecule has 2 heterocycles. The Bertz CT molecular complexity index is 730. The second-order valence-corrected chi connectivity index (χ2v) is 5.99. The Hall–Kier alpha value is -1.78. The number of para-hydroxylation sites is 1. The molecule has 0 fully saturated rings. The largest absolute Gasteiger partial charge is 0.309 e. The van der Waals surface area contributed by atoms with Gasteiger partial charge in [0.2, 0.25) is 0 Å². The molecule has 0 aliphatic carbocycles. The number of benzene rings is 1. The summed E-state index contributed by atoms with van der Waals surface area (Å²) in [7, 11) is 0. The maximum absolute atomic E-state index is 4.81. The highest BCUT2D eigenvalue weighted by Crippen LogP contribution is 2.31. The number of nitrogens with zero attached hydrogens (tertiary/aromatic N) is 2. The lowest BCUT2D eigenvalue weighted by Gasteiger charge is -2.09. The van der Waals surface area contributed by atoms with Gasteiger partial charge in [-0.25, -0.2) is 4.98 Å². The van der Waals surface area contributed by atoms with Gasteiger partial charge >= 0.3 is 0 Å². The van der Waals surface area contributed by atoms with Crippen LogP contribution in [0.1, 0.15) is 32.0 Å². The Kier molecular flexibility index (Phi) is 4.27. The van der Waals surface area contributed by atoms with E-state index in [0.717, 1.165) is 34.6 Å². The van der Waals surface area contributed by atoms with Crippen molar-refractivity contribution < 1.29 is 0 Å². The van der Waals surface area contributed by atoms with Crippen LogP contribution in [0, 0.1) is 0 Å². The minimum absolute atomic E-state index is 0.294. The third-order valence-corrected chi connectivity index (χ3v) is 4.44. The predicted molar refractivity (Wildman–Crippen MR) is 89.6 cm³/mol. The Morgan fingerprint density at radius 2 is 2.10 bits per heavy atom. The van der Waals surface area contributed by atoms with Gasteiger partial charge in [0.15, 0.2) is 0 Å². The van der Waals surface area contributed by atoms with Gasteiger partial charge in [0.25, 0.3) is 0 Å². The number of hydrogen-bond donors (Lipinski definition) is 1. The SMILES string of the molecule is CCCNC(C)c1csc(-c2ccnc3ccccc23)n1. The van der Waals surface area contributed by atoms with Crippen molar-refractivity contribution in [1.82, 2.24) is 15.3 Å². The molecule has 2 aromatic heterocycles. The molecule has 1 atom stereocenters. The zero-order valence-electron chi connectivity index (χ0n) is 12.3. The summed E-state index contributed by atoms with van der Waals surface area (Å²) < 4.78 is 0. The highest BCUT2D eigenvalue weighted by molar-refractivity contribution is 7.13. The van der Waals surface area contributed by atoms with Gasteiger partial charge in [0.1, 0.15) is 5.01 Å². The summed E-state index contributed by atoms with van der Waals surface area (Å²) >= 11 is 1.70. The molecule has 108 valence electrons. The molecule has 3 rings (SSSR count). The number of thiazole rings is 1. The van der Waals surface area contributed by atoms with E-state index in [0.29, 0.717) is 6.04 Å². The topological polar surface area (TPSA) is 37.8 Å². The number of aromatic nitrogens is 2. The number of fused-ring (bicyclic) bond motifs is 1. The normalized spacial score (nSPS) is 12.7. The van der Waals surface area contributed by atoms with E-state index in [1.54, 1.807) is 11.3 Å². The summed E-state index contributed by atoms with van der Waals surface area (Å²) in [5.41, 5.74) is 3.30. The van der Waals surface area contributed by atoms with Crippen LogP contribution in [0.15, 0.2) is 41.9 Å². The van der Waals surface area contributed by atoms with Crippen molar-refractivity contribution in [2.45, 2.75) is 26.3 Å². The first-order valence-corrected chi connectivity index (χ1v) is 8.20. The summed E-state index contributed by atoms with van der Waals surface area (Å²) in [6, 6.07) is 10.6.